The van der Waals surface area contributed by atoms with Crippen molar-refractivity contribution in [3.05, 3.63) is 0 Å². The van der Waals surface area contributed by atoms with E-state index in [2.05, 4.69) is 15.2 Å². The van der Waals surface area contributed by atoms with E-state index in [0.29, 0.717) is 25.7 Å². The molecule has 0 aromatic carbocycles. The van der Waals surface area contributed by atoms with E-state index >= 15 is 0 Å². The Labute approximate surface area is 126 Å². The Balaban J connectivity index is 4.87. The van der Waals surface area contributed by atoms with Crippen LogP contribution in [-0.2, 0) is 14.8 Å². The number of hydrogen-bond acceptors (Lipinski definition) is 5. The molecule has 0 bridgehead atoms. The first-order chi connectivity index (χ1) is 9.73. The molecule has 0 fully saturated rings. The zero-order chi connectivity index (χ0) is 16.5. The van der Waals surface area contributed by atoms with Crippen LogP contribution in [0.3, 0.4) is 0 Å². The van der Waals surface area contributed by atoms with Gasteiger partial charge in [0.05, 0.1) is 6.26 Å². The van der Waals surface area contributed by atoms with Gasteiger partial charge in [-0.3, -0.25) is 4.79 Å². The van der Waals surface area contributed by atoms with Crippen molar-refractivity contribution in [3.63, 3.8) is 0 Å². The highest BCUT2D eigenvalue weighted by molar-refractivity contribution is 7.88. The molecular formula is C12H26N4O4S. The van der Waals surface area contributed by atoms with Gasteiger partial charge < -0.3 is 16.3 Å². The number of carbonyl (C=O) groups excluding carboxylic acids is 1. The minimum atomic E-state index is -3.29. The zero-order valence-corrected chi connectivity index (χ0v) is 13.7. The summed E-state index contributed by atoms with van der Waals surface area (Å²) in [5, 5.41) is 14.6. The second-order valence-electron chi connectivity index (χ2n) is 4.99. The Morgan fingerprint density at radius 1 is 1.24 bits per heavy atom. The fourth-order valence-corrected chi connectivity index (χ4v) is 2.73. The predicted molar refractivity (Wildman–Crippen MR) is 81.5 cm³/mol. The molecule has 1 amide bonds. The van der Waals surface area contributed by atoms with Crippen molar-refractivity contribution in [1.29, 1.82) is 0 Å². The highest BCUT2D eigenvalue weighted by atomic mass is 32.2. The standard InChI is InChI=1S/C12H26N4O4S/c1-4-6-12(7-5-2,10(13)16-18)11(17)14-8-9-15-21(3,19)20/h15,18H,4-9H2,1-3H3,(H2,13,16)(H,14,17). The number of carbonyl (C=O) groups is 1. The second-order valence-corrected chi connectivity index (χ2v) is 6.82. The fourth-order valence-electron chi connectivity index (χ4n) is 2.26. The first-order valence-electron chi connectivity index (χ1n) is 6.94. The maximum Gasteiger partial charge on any atom is 0.233 e. The SMILES string of the molecule is CCCC(CCC)(C(=O)NCCNS(C)(=O)=O)C(N)=NO. The molecule has 0 aliphatic rings. The Hall–Kier alpha value is -1.35. The van der Waals surface area contributed by atoms with Gasteiger partial charge in [0.2, 0.25) is 15.9 Å². The van der Waals surface area contributed by atoms with Crippen LogP contribution in [-0.4, -0.2) is 44.7 Å². The monoisotopic (exact) mass is 322 g/mol. The third-order valence-electron chi connectivity index (χ3n) is 3.16. The molecule has 0 aliphatic heterocycles. The van der Waals surface area contributed by atoms with Crippen LogP contribution in [0.5, 0.6) is 0 Å². The number of nitrogens with two attached hydrogens (primary N) is 1. The van der Waals surface area contributed by atoms with Crippen LogP contribution in [0.2, 0.25) is 0 Å². The van der Waals surface area contributed by atoms with Gasteiger partial charge in [-0.15, -0.1) is 0 Å². The molecule has 0 spiro atoms. The lowest BCUT2D eigenvalue weighted by molar-refractivity contribution is -0.128. The molecule has 0 atom stereocenters. The average Bonchev–Trinajstić information content (AvgIpc) is 2.40. The Morgan fingerprint density at radius 2 is 1.76 bits per heavy atom. The molecule has 124 valence electrons. The van der Waals surface area contributed by atoms with Gasteiger partial charge in [-0.2, -0.15) is 0 Å². The molecule has 0 rings (SSSR count). The fraction of sp³-hybridized carbons (Fsp3) is 0.833. The van der Waals surface area contributed by atoms with Crippen molar-refractivity contribution >= 4 is 21.8 Å². The summed E-state index contributed by atoms with van der Waals surface area (Å²) in [6, 6.07) is 0. The maximum absolute atomic E-state index is 12.4. The minimum absolute atomic E-state index is 0.0923. The molecule has 0 saturated heterocycles. The molecule has 0 radical (unpaired) electrons. The van der Waals surface area contributed by atoms with Gasteiger partial charge in [-0.1, -0.05) is 31.8 Å². The Kier molecular flexibility index (Phi) is 8.26. The number of amidine groups is 1. The van der Waals surface area contributed by atoms with Crippen LogP contribution in [0.15, 0.2) is 5.16 Å². The van der Waals surface area contributed by atoms with Crippen molar-refractivity contribution in [1.82, 2.24) is 10.0 Å². The Bertz CT molecular complexity index is 456. The molecule has 0 heterocycles. The predicted octanol–water partition coefficient (Wildman–Crippen LogP) is -0.0152. The van der Waals surface area contributed by atoms with E-state index in [4.69, 9.17) is 10.9 Å². The number of nitrogens with one attached hydrogen (secondary N) is 2. The third-order valence-corrected chi connectivity index (χ3v) is 3.89. The molecule has 0 unspecified atom stereocenters. The molecule has 21 heavy (non-hydrogen) atoms. The summed E-state index contributed by atoms with van der Waals surface area (Å²) in [4.78, 5) is 12.4. The average molecular weight is 322 g/mol. The molecule has 0 saturated carbocycles. The van der Waals surface area contributed by atoms with Gasteiger partial charge in [0, 0.05) is 13.1 Å². The number of nitrogens with zero attached hydrogens (tertiary/aromatic N) is 1. The van der Waals surface area contributed by atoms with Crippen LogP contribution in [0, 0.1) is 5.41 Å². The second kappa shape index (κ2) is 8.83. The number of sulfonamides is 1. The van der Waals surface area contributed by atoms with Crippen molar-refractivity contribution in [2.24, 2.45) is 16.3 Å². The normalized spacial score (nSPS) is 13.2. The summed E-state index contributed by atoms with van der Waals surface area (Å²) < 4.78 is 24.2. The number of amides is 1. The highest BCUT2D eigenvalue weighted by Crippen LogP contribution is 2.30. The van der Waals surface area contributed by atoms with Crippen molar-refractivity contribution in [3.8, 4) is 0 Å². The lowest BCUT2D eigenvalue weighted by atomic mass is 9.77. The van der Waals surface area contributed by atoms with E-state index in [0.717, 1.165) is 6.26 Å². The van der Waals surface area contributed by atoms with Gasteiger partial charge in [-0.05, 0) is 12.8 Å². The topological polar surface area (TPSA) is 134 Å². The van der Waals surface area contributed by atoms with E-state index < -0.39 is 15.4 Å². The van der Waals surface area contributed by atoms with Gasteiger partial charge in [-0.25, -0.2) is 13.1 Å². The molecule has 0 aromatic heterocycles. The van der Waals surface area contributed by atoms with E-state index in [-0.39, 0.29) is 24.8 Å². The summed E-state index contributed by atoms with van der Waals surface area (Å²) in [5.74, 6) is -0.462. The largest absolute Gasteiger partial charge is 0.409 e. The maximum atomic E-state index is 12.4. The molecular weight excluding hydrogens is 296 g/mol. The number of oxime groups is 1. The van der Waals surface area contributed by atoms with Crippen LogP contribution in [0.25, 0.3) is 0 Å². The number of hydrogen-bond donors (Lipinski definition) is 4. The summed E-state index contributed by atoms with van der Waals surface area (Å²) in [5.41, 5.74) is 4.67. The molecule has 9 heteroatoms. The highest BCUT2D eigenvalue weighted by Gasteiger charge is 2.41. The van der Waals surface area contributed by atoms with Gasteiger partial charge in [0.25, 0.3) is 0 Å². The first-order valence-corrected chi connectivity index (χ1v) is 8.83. The Morgan fingerprint density at radius 3 is 2.14 bits per heavy atom. The molecule has 5 N–H and O–H groups in total. The summed E-state index contributed by atoms with van der Waals surface area (Å²) >= 11 is 0. The van der Waals surface area contributed by atoms with Gasteiger partial charge in [0.15, 0.2) is 5.84 Å². The smallest absolute Gasteiger partial charge is 0.233 e. The van der Waals surface area contributed by atoms with Crippen LogP contribution >= 0.6 is 0 Å². The van der Waals surface area contributed by atoms with Crippen molar-refractivity contribution in [2.45, 2.75) is 39.5 Å². The minimum Gasteiger partial charge on any atom is -0.409 e. The number of rotatable bonds is 10. The van der Waals surface area contributed by atoms with Gasteiger partial charge >= 0.3 is 0 Å². The van der Waals surface area contributed by atoms with E-state index in [9.17, 15) is 13.2 Å². The summed E-state index contributed by atoms with van der Waals surface area (Å²) in [6.07, 6.45) is 3.37. The third kappa shape index (κ3) is 6.30. The van der Waals surface area contributed by atoms with Crippen molar-refractivity contribution in [2.75, 3.05) is 19.3 Å². The van der Waals surface area contributed by atoms with E-state index in [1.165, 1.54) is 0 Å². The van der Waals surface area contributed by atoms with Crippen LogP contribution in [0.4, 0.5) is 0 Å². The molecule has 0 aromatic rings. The molecule has 0 aliphatic carbocycles. The summed E-state index contributed by atoms with van der Waals surface area (Å²) in [6.45, 7) is 4.05. The summed E-state index contributed by atoms with van der Waals surface area (Å²) in [7, 11) is -3.29. The van der Waals surface area contributed by atoms with Crippen LogP contribution < -0.4 is 15.8 Å². The van der Waals surface area contributed by atoms with Gasteiger partial charge in [0.1, 0.15) is 5.41 Å². The quantitative estimate of drug-likeness (QED) is 0.147. The lowest BCUT2D eigenvalue weighted by Crippen LogP contribution is -2.51. The molecule has 8 nitrogen and oxygen atoms in total. The van der Waals surface area contributed by atoms with Crippen LogP contribution in [0.1, 0.15) is 39.5 Å². The first kappa shape index (κ1) is 19.7. The van der Waals surface area contributed by atoms with E-state index in [1.54, 1.807) is 0 Å². The van der Waals surface area contributed by atoms with E-state index in [1.807, 2.05) is 13.8 Å². The van der Waals surface area contributed by atoms with Crippen molar-refractivity contribution < 1.29 is 18.4 Å². The zero-order valence-electron chi connectivity index (χ0n) is 12.8. The lowest BCUT2D eigenvalue weighted by Gasteiger charge is -2.30.